The third kappa shape index (κ3) is 5.72. The monoisotopic (exact) mass is 358 g/mol. The fraction of sp³-hybridized carbons (Fsp3) is 0.450. The lowest BCUT2D eigenvalue weighted by Crippen LogP contribution is -2.46. The molecule has 1 saturated heterocycles. The van der Waals surface area contributed by atoms with Gasteiger partial charge in [-0.2, -0.15) is 0 Å². The summed E-state index contributed by atoms with van der Waals surface area (Å²) in [6, 6.07) is 6.57. The second-order valence-corrected chi connectivity index (χ2v) is 6.54. The Kier molecular flexibility index (Phi) is 6.95. The van der Waals surface area contributed by atoms with Gasteiger partial charge in [-0.3, -0.25) is 14.4 Å². The number of nitrogens with one attached hydrogen (secondary N) is 1. The first-order valence-electron chi connectivity index (χ1n) is 8.94. The Labute approximate surface area is 154 Å². The van der Waals surface area contributed by atoms with E-state index in [4.69, 9.17) is 4.74 Å². The van der Waals surface area contributed by atoms with Gasteiger partial charge in [0, 0.05) is 37.7 Å². The van der Waals surface area contributed by atoms with Crippen molar-refractivity contribution in [3.63, 3.8) is 0 Å². The fourth-order valence-electron chi connectivity index (χ4n) is 2.78. The van der Waals surface area contributed by atoms with Crippen LogP contribution in [0, 0.1) is 0 Å². The van der Waals surface area contributed by atoms with Gasteiger partial charge in [0.05, 0.1) is 0 Å². The maximum absolute atomic E-state index is 12.4. The lowest BCUT2D eigenvalue weighted by Gasteiger charge is -2.32. The highest BCUT2D eigenvalue weighted by Gasteiger charge is 2.23. The number of likely N-dealkylation sites (tertiary alicyclic amines) is 1. The van der Waals surface area contributed by atoms with Gasteiger partial charge in [0.25, 0.3) is 5.91 Å². The summed E-state index contributed by atoms with van der Waals surface area (Å²) in [5, 5.41) is 2.99. The number of ether oxygens (including phenoxy) is 1. The number of esters is 1. The first kappa shape index (κ1) is 19.7. The summed E-state index contributed by atoms with van der Waals surface area (Å²) in [7, 11) is 0. The van der Waals surface area contributed by atoms with Gasteiger partial charge in [-0.25, -0.2) is 0 Å². The van der Waals surface area contributed by atoms with Gasteiger partial charge >= 0.3 is 5.97 Å². The molecule has 2 amide bonds. The molecule has 1 N–H and O–H groups in total. The van der Waals surface area contributed by atoms with Crippen LogP contribution < -0.4 is 10.1 Å². The molecule has 0 saturated carbocycles. The number of carbonyl (C=O) groups is 3. The molecule has 0 aromatic heterocycles. The predicted octanol–water partition coefficient (Wildman–Crippen LogP) is 2.69. The number of carbonyl (C=O) groups excluding carboxylic acids is 3. The zero-order chi connectivity index (χ0) is 19.1. The van der Waals surface area contributed by atoms with E-state index in [0.717, 1.165) is 24.8 Å². The Morgan fingerprint density at radius 3 is 2.54 bits per heavy atom. The van der Waals surface area contributed by atoms with Crippen molar-refractivity contribution in [2.75, 3.05) is 13.1 Å². The number of piperidine rings is 1. The Bertz CT molecular complexity index is 704. The van der Waals surface area contributed by atoms with E-state index in [2.05, 4.69) is 5.32 Å². The smallest absolute Gasteiger partial charge is 0.308 e. The van der Waals surface area contributed by atoms with E-state index in [1.807, 2.05) is 18.7 Å². The first-order valence-corrected chi connectivity index (χ1v) is 8.94. The van der Waals surface area contributed by atoms with E-state index in [1.165, 1.54) is 6.92 Å². The molecular formula is C20H26N2O4. The van der Waals surface area contributed by atoms with Crippen molar-refractivity contribution in [2.45, 2.75) is 46.1 Å². The van der Waals surface area contributed by atoms with Gasteiger partial charge in [0.2, 0.25) is 5.91 Å². The minimum atomic E-state index is -0.424. The second kappa shape index (κ2) is 9.17. The lowest BCUT2D eigenvalue weighted by molar-refractivity contribution is -0.132. The maximum Gasteiger partial charge on any atom is 0.308 e. The summed E-state index contributed by atoms with van der Waals surface area (Å²) in [4.78, 5) is 37.4. The maximum atomic E-state index is 12.4. The molecule has 0 aliphatic carbocycles. The molecule has 1 aromatic rings. The molecule has 26 heavy (non-hydrogen) atoms. The summed E-state index contributed by atoms with van der Waals surface area (Å²) in [6.07, 6.45) is 4.00. The highest BCUT2D eigenvalue weighted by molar-refractivity contribution is 5.95. The van der Waals surface area contributed by atoms with Crippen molar-refractivity contribution >= 4 is 17.8 Å². The highest BCUT2D eigenvalue weighted by Crippen LogP contribution is 2.16. The summed E-state index contributed by atoms with van der Waals surface area (Å²) in [5.41, 5.74) is 1.52. The highest BCUT2D eigenvalue weighted by atomic mass is 16.5. The molecule has 0 atom stereocenters. The summed E-state index contributed by atoms with van der Waals surface area (Å²) in [6.45, 7) is 6.56. The van der Waals surface area contributed by atoms with Crippen LogP contribution in [-0.2, 0) is 9.59 Å². The molecule has 0 spiro atoms. The third-order valence-electron chi connectivity index (χ3n) is 4.43. The Morgan fingerprint density at radius 2 is 1.92 bits per heavy atom. The molecule has 1 aliphatic rings. The van der Waals surface area contributed by atoms with Crippen molar-refractivity contribution in [1.29, 1.82) is 0 Å². The number of allylic oxidation sites excluding steroid dienone is 1. The van der Waals surface area contributed by atoms with Crippen molar-refractivity contribution < 1.29 is 19.1 Å². The Morgan fingerprint density at radius 1 is 1.23 bits per heavy atom. The SMILES string of the molecule is CC/C(C)=C/C(=O)N1CCC(NC(=O)c2cccc(OC(C)=O)c2)CC1. The molecule has 1 heterocycles. The van der Waals surface area contributed by atoms with Crippen LogP contribution in [-0.4, -0.2) is 41.8 Å². The van der Waals surface area contributed by atoms with Gasteiger partial charge in [0.15, 0.2) is 0 Å². The average molecular weight is 358 g/mol. The van der Waals surface area contributed by atoms with Crippen LogP contribution in [0.3, 0.4) is 0 Å². The normalized spacial score (nSPS) is 15.5. The molecule has 1 aromatic carbocycles. The largest absolute Gasteiger partial charge is 0.427 e. The van der Waals surface area contributed by atoms with Crippen LogP contribution in [0.25, 0.3) is 0 Å². The standard InChI is InChI=1S/C20H26N2O4/c1-4-14(2)12-19(24)22-10-8-17(9-11-22)21-20(25)16-6-5-7-18(13-16)26-15(3)23/h5-7,12-13,17H,4,8-11H2,1-3H3,(H,21,25)/b14-12+. The van der Waals surface area contributed by atoms with E-state index < -0.39 is 5.97 Å². The van der Waals surface area contributed by atoms with E-state index in [1.54, 1.807) is 30.3 Å². The van der Waals surface area contributed by atoms with Crippen LogP contribution in [0.1, 0.15) is 50.4 Å². The lowest BCUT2D eigenvalue weighted by atomic mass is 10.0. The molecule has 6 nitrogen and oxygen atoms in total. The zero-order valence-electron chi connectivity index (χ0n) is 15.6. The Balaban J connectivity index is 1.88. The molecule has 1 fully saturated rings. The van der Waals surface area contributed by atoms with Gasteiger partial charge in [0.1, 0.15) is 5.75 Å². The quantitative estimate of drug-likeness (QED) is 0.499. The van der Waals surface area contributed by atoms with Gasteiger partial charge < -0.3 is 15.0 Å². The van der Waals surface area contributed by atoms with Crippen LogP contribution in [0.4, 0.5) is 0 Å². The van der Waals surface area contributed by atoms with E-state index in [9.17, 15) is 14.4 Å². The molecule has 140 valence electrons. The minimum absolute atomic E-state index is 0.0279. The van der Waals surface area contributed by atoms with E-state index in [0.29, 0.717) is 24.4 Å². The fourth-order valence-corrected chi connectivity index (χ4v) is 2.78. The number of rotatable bonds is 5. The van der Waals surface area contributed by atoms with Crippen LogP contribution in [0.15, 0.2) is 35.9 Å². The van der Waals surface area contributed by atoms with Crippen LogP contribution >= 0.6 is 0 Å². The average Bonchev–Trinajstić information content (AvgIpc) is 2.61. The summed E-state index contributed by atoms with van der Waals surface area (Å²) < 4.78 is 5.01. The van der Waals surface area contributed by atoms with Crippen LogP contribution in [0.5, 0.6) is 5.75 Å². The van der Waals surface area contributed by atoms with Crippen molar-refractivity contribution in [2.24, 2.45) is 0 Å². The first-order chi connectivity index (χ1) is 12.4. The van der Waals surface area contributed by atoms with Gasteiger partial charge in [-0.15, -0.1) is 0 Å². The molecular weight excluding hydrogens is 332 g/mol. The second-order valence-electron chi connectivity index (χ2n) is 6.54. The van der Waals surface area contributed by atoms with Crippen molar-refractivity contribution in [1.82, 2.24) is 10.2 Å². The topological polar surface area (TPSA) is 75.7 Å². The van der Waals surface area contributed by atoms with Gasteiger partial charge in [-0.1, -0.05) is 18.6 Å². The zero-order valence-corrected chi connectivity index (χ0v) is 15.6. The molecule has 6 heteroatoms. The third-order valence-corrected chi connectivity index (χ3v) is 4.43. The molecule has 1 aliphatic heterocycles. The van der Waals surface area contributed by atoms with Crippen molar-refractivity contribution in [3.8, 4) is 5.75 Å². The molecule has 2 rings (SSSR count). The summed E-state index contributed by atoms with van der Waals surface area (Å²) >= 11 is 0. The number of hydrogen-bond acceptors (Lipinski definition) is 4. The Hall–Kier alpha value is -2.63. The number of benzene rings is 1. The van der Waals surface area contributed by atoms with E-state index >= 15 is 0 Å². The molecule has 0 radical (unpaired) electrons. The summed E-state index contributed by atoms with van der Waals surface area (Å²) in [5.74, 6) is -0.232. The number of amides is 2. The van der Waals surface area contributed by atoms with Gasteiger partial charge in [-0.05, 0) is 44.4 Å². The molecule has 0 unspecified atom stereocenters. The minimum Gasteiger partial charge on any atom is -0.427 e. The van der Waals surface area contributed by atoms with Crippen LogP contribution in [0.2, 0.25) is 0 Å². The molecule has 0 bridgehead atoms. The number of hydrogen-bond donors (Lipinski definition) is 1. The number of nitrogens with zero attached hydrogens (tertiary/aromatic N) is 1. The van der Waals surface area contributed by atoms with E-state index in [-0.39, 0.29) is 17.9 Å². The predicted molar refractivity (Wildman–Crippen MR) is 98.9 cm³/mol. The van der Waals surface area contributed by atoms with Crippen molar-refractivity contribution in [3.05, 3.63) is 41.5 Å².